The van der Waals surface area contributed by atoms with Gasteiger partial charge >= 0.3 is 6.09 Å². The van der Waals surface area contributed by atoms with Crippen LogP contribution in [0.15, 0.2) is 24.5 Å². The van der Waals surface area contributed by atoms with Crippen molar-refractivity contribution in [3.63, 3.8) is 0 Å². The van der Waals surface area contributed by atoms with E-state index in [-0.39, 0.29) is 19.1 Å². The van der Waals surface area contributed by atoms with Crippen LogP contribution in [0.25, 0.3) is 5.52 Å². The third-order valence-corrected chi connectivity index (χ3v) is 2.81. The fraction of sp³-hybridized carbons (Fsp3) is 0.400. The summed E-state index contributed by atoms with van der Waals surface area (Å²) >= 11 is 0. The van der Waals surface area contributed by atoms with Gasteiger partial charge in [0, 0.05) is 18.4 Å². The molecular formula is C15H20N4O4. The van der Waals surface area contributed by atoms with Crippen LogP contribution >= 0.6 is 0 Å². The van der Waals surface area contributed by atoms with E-state index in [1.807, 2.05) is 0 Å². The Morgan fingerprint density at radius 1 is 1.39 bits per heavy atom. The van der Waals surface area contributed by atoms with E-state index in [0.717, 1.165) is 0 Å². The van der Waals surface area contributed by atoms with Crippen LogP contribution in [0.5, 0.6) is 0 Å². The molecule has 0 aliphatic heterocycles. The number of nitrogens with one attached hydrogen (secondary N) is 2. The van der Waals surface area contributed by atoms with Crippen molar-refractivity contribution in [1.29, 1.82) is 0 Å². The minimum atomic E-state index is -0.597. The standard InChI is InChI=1S/C15H20N4O4/c1-15(2,3)23-14(22)18-10-4-6-19-12(8-10)11(9-17-19)13(21)16-5-7-20/h4,6,8-9,20H,5,7H2,1-3H3,(H,16,21)(H,18,22). The zero-order valence-corrected chi connectivity index (χ0v) is 13.3. The minimum Gasteiger partial charge on any atom is -0.444 e. The van der Waals surface area contributed by atoms with Gasteiger partial charge in [-0.25, -0.2) is 9.31 Å². The molecule has 3 N–H and O–H groups in total. The Bertz CT molecular complexity index is 718. The Balaban J connectivity index is 2.20. The summed E-state index contributed by atoms with van der Waals surface area (Å²) in [6, 6.07) is 3.28. The van der Waals surface area contributed by atoms with Crippen LogP contribution in [0, 0.1) is 0 Å². The lowest BCUT2D eigenvalue weighted by atomic mass is 10.2. The molecule has 0 aliphatic carbocycles. The maximum atomic E-state index is 12.0. The largest absolute Gasteiger partial charge is 0.444 e. The molecule has 8 nitrogen and oxygen atoms in total. The summed E-state index contributed by atoms with van der Waals surface area (Å²) in [6.07, 6.45) is 2.48. The minimum absolute atomic E-state index is 0.142. The maximum absolute atomic E-state index is 12.0. The molecule has 0 saturated heterocycles. The predicted octanol–water partition coefficient (Wildman–Crippen LogP) is 1.40. The summed E-state index contributed by atoms with van der Waals surface area (Å²) < 4.78 is 6.71. The van der Waals surface area contributed by atoms with Crippen LogP contribution < -0.4 is 10.6 Å². The number of fused-ring (bicyclic) bond motifs is 1. The van der Waals surface area contributed by atoms with E-state index >= 15 is 0 Å². The van der Waals surface area contributed by atoms with Crippen LogP contribution in [0.1, 0.15) is 31.1 Å². The molecule has 2 rings (SSSR count). The van der Waals surface area contributed by atoms with Gasteiger partial charge < -0.3 is 15.2 Å². The lowest BCUT2D eigenvalue weighted by Crippen LogP contribution is -2.27. The molecule has 0 unspecified atom stereocenters. The number of carbonyl (C=O) groups is 2. The van der Waals surface area contributed by atoms with Gasteiger partial charge in [0.1, 0.15) is 5.60 Å². The highest BCUT2D eigenvalue weighted by Crippen LogP contribution is 2.17. The number of anilines is 1. The van der Waals surface area contributed by atoms with Crippen LogP contribution in [-0.4, -0.2) is 45.5 Å². The number of nitrogens with zero attached hydrogens (tertiary/aromatic N) is 2. The summed E-state index contributed by atoms with van der Waals surface area (Å²) in [5.41, 5.74) is 0.781. The average molecular weight is 320 g/mol. The fourth-order valence-electron chi connectivity index (χ4n) is 1.92. The van der Waals surface area contributed by atoms with E-state index in [4.69, 9.17) is 9.84 Å². The Morgan fingerprint density at radius 3 is 2.78 bits per heavy atom. The third-order valence-electron chi connectivity index (χ3n) is 2.81. The summed E-state index contributed by atoms with van der Waals surface area (Å²) in [6.45, 7) is 5.34. The first kappa shape index (κ1) is 16.8. The molecule has 2 aromatic heterocycles. The molecule has 0 aromatic carbocycles. The highest BCUT2D eigenvalue weighted by Gasteiger charge is 2.17. The SMILES string of the molecule is CC(C)(C)OC(=O)Nc1ccn2ncc(C(=O)NCCO)c2c1. The van der Waals surface area contributed by atoms with Crippen LogP contribution in [-0.2, 0) is 4.74 Å². The zero-order chi connectivity index (χ0) is 17.0. The molecule has 0 radical (unpaired) electrons. The van der Waals surface area contributed by atoms with Crippen LogP contribution in [0.2, 0.25) is 0 Å². The van der Waals surface area contributed by atoms with Gasteiger partial charge in [0.2, 0.25) is 0 Å². The van der Waals surface area contributed by atoms with Gasteiger partial charge in [-0.3, -0.25) is 10.1 Å². The molecule has 8 heteroatoms. The van der Waals surface area contributed by atoms with Gasteiger partial charge in [0.25, 0.3) is 5.91 Å². The number of amides is 2. The lowest BCUT2D eigenvalue weighted by Gasteiger charge is -2.19. The van der Waals surface area contributed by atoms with Crippen LogP contribution in [0.3, 0.4) is 0 Å². The Kier molecular flexibility index (Phi) is 4.85. The van der Waals surface area contributed by atoms with Crippen molar-refractivity contribution in [2.45, 2.75) is 26.4 Å². The first-order valence-electron chi connectivity index (χ1n) is 7.16. The highest BCUT2D eigenvalue weighted by atomic mass is 16.6. The number of aliphatic hydroxyl groups is 1. The van der Waals surface area contributed by atoms with Crippen molar-refractivity contribution >= 4 is 23.2 Å². The van der Waals surface area contributed by atoms with Crippen molar-refractivity contribution in [2.24, 2.45) is 0 Å². The van der Waals surface area contributed by atoms with Crippen molar-refractivity contribution in [3.8, 4) is 0 Å². The van der Waals surface area contributed by atoms with Gasteiger partial charge in [-0.2, -0.15) is 5.10 Å². The zero-order valence-electron chi connectivity index (χ0n) is 13.3. The Labute approximate surface area is 133 Å². The first-order valence-corrected chi connectivity index (χ1v) is 7.16. The van der Waals surface area contributed by atoms with E-state index < -0.39 is 11.7 Å². The molecule has 0 saturated carbocycles. The summed E-state index contributed by atoms with van der Waals surface area (Å²) in [5, 5.41) is 18.0. The second kappa shape index (κ2) is 6.66. The molecule has 2 amide bonds. The van der Waals surface area contributed by atoms with Crippen LogP contribution in [0.4, 0.5) is 10.5 Å². The molecule has 0 fully saturated rings. The molecule has 0 atom stereocenters. The smallest absolute Gasteiger partial charge is 0.412 e. The van der Waals surface area contributed by atoms with E-state index in [0.29, 0.717) is 16.8 Å². The number of carbonyl (C=O) groups excluding carboxylic acids is 2. The molecule has 2 aromatic rings. The predicted molar refractivity (Wildman–Crippen MR) is 84.5 cm³/mol. The second-order valence-electron chi connectivity index (χ2n) is 5.91. The quantitative estimate of drug-likeness (QED) is 0.790. The van der Waals surface area contributed by atoms with Gasteiger partial charge in [0.15, 0.2) is 0 Å². The number of pyridine rings is 1. The summed E-state index contributed by atoms with van der Waals surface area (Å²) in [7, 11) is 0. The molecule has 0 spiro atoms. The monoisotopic (exact) mass is 320 g/mol. The molecule has 124 valence electrons. The van der Waals surface area contributed by atoms with E-state index in [1.165, 1.54) is 10.7 Å². The van der Waals surface area contributed by atoms with Gasteiger partial charge in [-0.1, -0.05) is 0 Å². The molecule has 0 bridgehead atoms. The van der Waals surface area contributed by atoms with Crippen molar-refractivity contribution in [1.82, 2.24) is 14.9 Å². The first-order chi connectivity index (χ1) is 10.8. The average Bonchev–Trinajstić information content (AvgIpc) is 2.85. The van der Waals surface area contributed by atoms with Crippen molar-refractivity contribution in [2.75, 3.05) is 18.5 Å². The summed E-state index contributed by atoms with van der Waals surface area (Å²) in [5.74, 6) is -0.344. The number of hydrogen-bond donors (Lipinski definition) is 3. The molecule has 0 aliphatic rings. The highest BCUT2D eigenvalue weighted by molar-refractivity contribution is 6.01. The Morgan fingerprint density at radius 2 is 2.13 bits per heavy atom. The van der Waals surface area contributed by atoms with E-state index in [2.05, 4.69) is 15.7 Å². The molecule has 2 heterocycles. The Hall–Kier alpha value is -2.61. The molecule has 23 heavy (non-hydrogen) atoms. The van der Waals surface area contributed by atoms with Gasteiger partial charge in [0.05, 0.1) is 23.9 Å². The molecular weight excluding hydrogens is 300 g/mol. The number of rotatable bonds is 4. The number of hydrogen-bond acceptors (Lipinski definition) is 5. The van der Waals surface area contributed by atoms with Gasteiger partial charge in [-0.05, 0) is 32.9 Å². The topological polar surface area (TPSA) is 105 Å². The normalized spacial score (nSPS) is 11.3. The van der Waals surface area contributed by atoms with Crippen molar-refractivity contribution in [3.05, 3.63) is 30.1 Å². The van der Waals surface area contributed by atoms with Crippen molar-refractivity contribution < 1.29 is 19.4 Å². The second-order valence-corrected chi connectivity index (χ2v) is 5.91. The maximum Gasteiger partial charge on any atom is 0.412 e. The summed E-state index contributed by atoms with van der Waals surface area (Å²) in [4.78, 5) is 23.8. The fourth-order valence-corrected chi connectivity index (χ4v) is 1.92. The number of aromatic nitrogens is 2. The lowest BCUT2D eigenvalue weighted by molar-refractivity contribution is 0.0635. The number of aliphatic hydroxyl groups excluding tert-OH is 1. The van der Waals surface area contributed by atoms with E-state index in [9.17, 15) is 9.59 Å². The number of ether oxygens (including phenoxy) is 1. The third kappa shape index (κ3) is 4.43. The van der Waals surface area contributed by atoms with Gasteiger partial charge in [-0.15, -0.1) is 0 Å². The van der Waals surface area contributed by atoms with E-state index in [1.54, 1.807) is 39.1 Å².